The van der Waals surface area contributed by atoms with Gasteiger partial charge in [-0.25, -0.2) is 19.0 Å². The van der Waals surface area contributed by atoms with Gasteiger partial charge in [-0.05, 0) is 66.0 Å². The van der Waals surface area contributed by atoms with E-state index in [0.717, 1.165) is 33.2 Å². The second kappa shape index (κ2) is 11.0. The molecule has 1 fully saturated rings. The lowest BCUT2D eigenvalue weighted by Crippen LogP contribution is -2.54. The van der Waals surface area contributed by atoms with Gasteiger partial charge in [-0.2, -0.15) is 0 Å². The first-order valence-corrected chi connectivity index (χ1v) is 14.4. The molecule has 0 aliphatic carbocycles. The lowest BCUT2D eigenvalue weighted by molar-refractivity contribution is 0.0702. The van der Waals surface area contributed by atoms with Gasteiger partial charge in [-0.3, -0.25) is 4.90 Å². The van der Waals surface area contributed by atoms with Crippen molar-refractivity contribution < 1.29 is 19.1 Å². The van der Waals surface area contributed by atoms with E-state index in [1.807, 2.05) is 45.2 Å². The number of pyridine rings is 1. The van der Waals surface area contributed by atoms with E-state index in [1.54, 1.807) is 30.5 Å². The number of fused-ring (bicyclic) bond motifs is 1. The highest BCUT2D eigenvalue weighted by Gasteiger charge is 2.51. The monoisotopic (exact) mass is 585 g/mol. The molecular weight excluding hydrogens is 553 g/mol. The number of carbonyl (C=O) groups excluding carboxylic acids is 1. The number of carboxylic acid groups (broad SMARTS) is 1. The Kier molecular flexibility index (Phi) is 7.56. The second-order valence-electron chi connectivity index (χ2n) is 11.4. The van der Waals surface area contributed by atoms with Crippen LogP contribution >= 0.6 is 11.3 Å². The molecule has 1 aliphatic rings. The third-order valence-corrected chi connectivity index (χ3v) is 8.72. The number of aromatic nitrogens is 1. The number of benzene rings is 2. The van der Waals surface area contributed by atoms with Crippen LogP contribution in [0, 0.1) is 30.0 Å². The quantitative estimate of drug-likeness (QED) is 0.185. The van der Waals surface area contributed by atoms with Gasteiger partial charge in [0.2, 0.25) is 0 Å². The summed E-state index contributed by atoms with van der Waals surface area (Å²) in [4.78, 5) is 30.4. The fraction of sp³-hybridized carbons (Fsp3) is 0.281. The van der Waals surface area contributed by atoms with Crippen LogP contribution in [0.3, 0.4) is 0 Å². The van der Waals surface area contributed by atoms with E-state index >= 15 is 0 Å². The minimum Gasteiger partial charge on any atom is -0.465 e. The Balaban J connectivity index is 1.42. The van der Waals surface area contributed by atoms with Crippen LogP contribution < -0.4 is 16.4 Å². The summed E-state index contributed by atoms with van der Waals surface area (Å²) in [6.45, 7) is 8.33. The van der Waals surface area contributed by atoms with Gasteiger partial charge in [-0.1, -0.05) is 50.8 Å². The normalized spacial score (nSPS) is 16.6. The van der Waals surface area contributed by atoms with Gasteiger partial charge in [0.25, 0.3) is 0 Å². The van der Waals surface area contributed by atoms with E-state index in [-0.39, 0.29) is 5.69 Å². The van der Waals surface area contributed by atoms with E-state index < -0.39 is 28.9 Å². The van der Waals surface area contributed by atoms with E-state index in [0.29, 0.717) is 30.0 Å². The fourth-order valence-electron chi connectivity index (χ4n) is 5.47. The molecule has 1 saturated heterocycles. The predicted molar refractivity (Wildman–Crippen MR) is 166 cm³/mol. The molecule has 0 spiro atoms. The minimum atomic E-state index is -0.964. The first-order chi connectivity index (χ1) is 19.9. The summed E-state index contributed by atoms with van der Waals surface area (Å²) in [5.41, 5.74) is 9.04. The maximum absolute atomic E-state index is 14.0. The topological polar surface area (TPSA) is 121 Å². The van der Waals surface area contributed by atoms with E-state index in [2.05, 4.69) is 27.5 Å². The van der Waals surface area contributed by atoms with Crippen molar-refractivity contribution in [3.63, 3.8) is 0 Å². The molecule has 0 bridgehead atoms. The number of halogens is 1. The number of urea groups is 1. The van der Waals surface area contributed by atoms with Crippen LogP contribution in [0.15, 0.2) is 54.0 Å². The molecule has 5 rings (SSSR count). The summed E-state index contributed by atoms with van der Waals surface area (Å²) in [5.74, 6) is 6.47. The van der Waals surface area contributed by atoms with Gasteiger partial charge in [0.05, 0.1) is 16.0 Å². The summed E-state index contributed by atoms with van der Waals surface area (Å²) in [7, 11) is 0. The lowest BCUT2D eigenvalue weighted by atomic mass is 9.72. The Morgan fingerprint density at radius 1 is 1.17 bits per heavy atom. The minimum absolute atomic E-state index is 0.104. The van der Waals surface area contributed by atoms with Crippen LogP contribution in [0.4, 0.5) is 31.2 Å². The van der Waals surface area contributed by atoms with Crippen molar-refractivity contribution in [3.05, 3.63) is 71.0 Å². The number of nitrogens with zero attached hydrogens (tertiary/aromatic N) is 2. The Hall–Kier alpha value is -4.62. The average molecular weight is 586 g/mol. The number of nitrogen functional groups attached to an aromatic ring is 1. The number of nitrogens with one attached hydrogen (secondary N) is 2. The van der Waals surface area contributed by atoms with Gasteiger partial charge >= 0.3 is 12.1 Å². The highest BCUT2D eigenvalue weighted by molar-refractivity contribution is 7.18. The molecule has 0 saturated carbocycles. The van der Waals surface area contributed by atoms with Gasteiger partial charge < -0.3 is 21.5 Å². The number of thiophene rings is 1. The van der Waals surface area contributed by atoms with Crippen LogP contribution in [-0.4, -0.2) is 39.2 Å². The zero-order chi connectivity index (χ0) is 30.2. The van der Waals surface area contributed by atoms with Gasteiger partial charge in [-0.15, -0.1) is 11.3 Å². The largest absolute Gasteiger partial charge is 0.465 e. The summed E-state index contributed by atoms with van der Waals surface area (Å²) < 4.78 is 14.9. The Morgan fingerprint density at radius 3 is 2.60 bits per heavy atom. The number of amides is 3. The summed E-state index contributed by atoms with van der Waals surface area (Å²) in [5, 5.41) is 17.9. The zero-order valence-electron chi connectivity index (χ0n) is 23.8. The predicted octanol–water partition coefficient (Wildman–Crippen LogP) is 7.55. The van der Waals surface area contributed by atoms with Gasteiger partial charge in [0, 0.05) is 29.4 Å². The highest BCUT2D eigenvalue weighted by atomic mass is 32.1. The maximum atomic E-state index is 14.0. The third-order valence-electron chi connectivity index (χ3n) is 7.71. The van der Waals surface area contributed by atoms with Crippen molar-refractivity contribution in [2.24, 2.45) is 5.41 Å². The zero-order valence-corrected chi connectivity index (χ0v) is 24.7. The molecule has 2 aromatic heterocycles. The van der Waals surface area contributed by atoms with Crippen molar-refractivity contribution >= 4 is 50.7 Å². The summed E-state index contributed by atoms with van der Waals surface area (Å²) >= 11 is 1.50. The molecular formula is C32H32FN5O3S. The molecule has 42 heavy (non-hydrogen) atoms. The van der Waals surface area contributed by atoms with Gasteiger partial charge in [0.15, 0.2) is 0 Å². The van der Waals surface area contributed by atoms with E-state index in [9.17, 15) is 19.1 Å². The van der Waals surface area contributed by atoms with Crippen LogP contribution in [0.25, 0.3) is 21.2 Å². The molecule has 216 valence electrons. The van der Waals surface area contributed by atoms with Crippen molar-refractivity contribution in [3.8, 4) is 23.0 Å². The fourth-order valence-corrected chi connectivity index (χ4v) is 6.52. The van der Waals surface area contributed by atoms with Crippen molar-refractivity contribution in [1.29, 1.82) is 0 Å². The smallest absolute Gasteiger partial charge is 0.408 e. The highest BCUT2D eigenvalue weighted by Crippen LogP contribution is 2.44. The molecule has 8 nitrogen and oxygen atoms in total. The third kappa shape index (κ3) is 5.35. The van der Waals surface area contributed by atoms with Crippen LogP contribution in [-0.2, 0) is 0 Å². The number of carbonyl (C=O) groups is 2. The number of rotatable bonds is 3. The maximum Gasteiger partial charge on any atom is 0.408 e. The Labute approximate surface area is 247 Å². The first-order valence-electron chi connectivity index (χ1n) is 13.5. The SMILES string of the molecule is Cc1ccc(F)c(NC(=O)Nc2ccc(-c3csc4c(C#C[C@@]5(C(C)(C)C)CCCN5C(=O)O)cnc(N)c34)cc2)c1. The average Bonchev–Trinajstić information content (AvgIpc) is 3.57. The number of hydrogen-bond acceptors (Lipinski definition) is 5. The van der Waals surface area contributed by atoms with Crippen molar-refractivity contribution in [2.45, 2.75) is 46.1 Å². The number of anilines is 3. The summed E-state index contributed by atoms with van der Waals surface area (Å²) in [6.07, 6.45) is 2.10. The molecule has 0 radical (unpaired) electrons. The van der Waals surface area contributed by atoms with E-state index in [1.165, 1.54) is 22.3 Å². The van der Waals surface area contributed by atoms with Crippen LogP contribution in [0.1, 0.15) is 44.7 Å². The molecule has 3 amide bonds. The van der Waals surface area contributed by atoms with E-state index in [4.69, 9.17) is 5.73 Å². The molecule has 3 heterocycles. The molecule has 1 aliphatic heterocycles. The molecule has 2 aromatic carbocycles. The number of likely N-dealkylation sites (tertiary alicyclic amines) is 1. The molecule has 5 N–H and O–H groups in total. The molecule has 0 unspecified atom stereocenters. The van der Waals surface area contributed by atoms with Gasteiger partial charge in [0.1, 0.15) is 17.2 Å². The standard InChI is InChI=1S/C32H32FN5O3S/c1-19-6-11-24(33)25(16-19)37-29(39)36-22-9-7-20(8-10-22)23-18-42-27-21(17-35-28(34)26(23)27)12-14-32(31(2,3)4)13-5-15-38(32)30(40)41/h6-11,16-18H,5,13,15H2,1-4H3,(H2,34,35)(H,40,41)(H2,36,37,39)/t32-/m1/s1. The first kappa shape index (κ1) is 28.9. The lowest BCUT2D eigenvalue weighted by Gasteiger charge is -2.43. The van der Waals surface area contributed by atoms with Crippen LogP contribution in [0.2, 0.25) is 0 Å². The van der Waals surface area contributed by atoms with Crippen molar-refractivity contribution in [1.82, 2.24) is 9.88 Å². The van der Waals surface area contributed by atoms with Crippen molar-refractivity contribution in [2.75, 3.05) is 22.9 Å². The molecule has 10 heteroatoms. The molecule has 1 atom stereocenters. The Morgan fingerprint density at radius 2 is 1.90 bits per heavy atom. The van der Waals surface area contributed by atoms with Crippen LogP contribution in [0.5, 0.6) is 0 Å². The Bertz CT molecular complexity index is 1750. The number of hydrogen-bond donors (Lipinski definition) is 4. The second-order valence-corrected chi connectivity index (χ2v) is 12.3. The molecule has 4 aromatic rings. The number of aryl methyl sites for hydroxylation is 1. The summed E-state index contributed by atoms with van der Waals surface area (Å²) in [6, 6.07) is 11.2. The number of nitrogens with two attached hydrogens (primary N) is 1.